The Hall–Kier alpha value is -2.33. The first-order valence-corrected chi connectivity index (χ1v) is 7.96. The number of rotatable bonds is 9. The van der Waals surface area contributed by atoms with Gasteiger partial charge in [-0.1, -0.05) is 30.3 Å². The highest BCUT2D eigenvalue weighted by Crippen LogP contribution is 2.10. The first-order valence-electron chi connectivity index (χ1n) is 7.96. The Kier molecular flexibility index (Phi) is 7.14. The lowest BCUT2D eigenvalue weighted by molar-refractivity contribution is 0.0953. The second-order valence-electron chi connectivity index (χ2n) is 5.32. The average molecular weight is 312 g/mol. The van der Waals surface area contributed by atoms with Gasteiger partial charge in [-0.25, -0.2) is 0 Å². The van der Waals surface area contributed by atoms with Gasteiger partial charge in [-0.3, -0.25) is 4.79 Å². The van der Waals surface area contributed by atoms with Crippen LogP contribution in [0.15, 0.2) is 54.6 Å². The van der Waals surface area contributed by atoms with E-state index in [0.29, 0.717) is 12.1 Å². The Morgan fingerprint density at radius 2 is 1.70 bits per heavy atom. The molecule has 4 heteroatoms. The van der Waals surface area contributed by atoms with Crippen molar-refractivity contribution in [3.63, 3.8) is 0 Å². The van der Waals surface area contributed by atoms with Crippen molar-refractivity contribution in [1.82, 2.24) is 10.6 Å². The molecule has 0 fully saturated rings. The smallest absolute Gasteiger partial charge is 0.251 e. The van der Waals surface area contributed by atoms with Crippen molar-refractivity contribution < 1.29 is 9.53 Å². The van der Waals surface area contributed by atoms with E-state index in [0.717, 1.165) is 31.7 Å². The van der Waals surface area contributed by atoms with Crippen molar-refractivity contribution in [3.05, 3.63) is 65.7 Å². The molecule has 2 rings (SSSR count). The zero-order valence-electron chi connectivity index (χ0n) is 13.5. The number of ether oxygens (including phenoxy) is 1. The van der Waals surface area contributed by atoms with Crippen molar-refractivity contribution >= 4 is 5.91 Å². The van der Waals surface area contributed by atoms with Crippen LogP contribution >= 0.6 is 0 Å². The Labute approximate surface area is 137 Å². The SMILES string of the molecule is COc1ccc(C(=O)NCCCNCCc2ccccc2)cc1. The van der Waals surface area contributed by atoms with Crippen LogP contribution in [0.4, 0.5) is 0 Å². The van der Waals surface area contributed by atoms with Gasteiger partial charge in [0, 0.05) is 12.1 Å². The molecule has 0 aliphatic heterocycles. The molecule has 0 spiro atoms. The molecule has 4 nitrogen and oxygen atoms in total. The Balaban J connectivity index is 1.55. The molecule has 0 aromatic heterocycles. The van der Waals surface area contributed by atoms with Crippen LogP contribution in [0.5, 0.6) is 5.75 Å². The van der Waals surface area contributed by atoms with Crippen molar-refractivity contribution in [2.24, 2.45) is 0 Å². The van der Waals surface area contributed by atoms with Gasteiger partial charge in [0.05, 0.1) is 7.11 Å². The summed E-state index contributed by atoms with van der Waals surface area (Å²) in [7, 11) is 1.61. The minimum atomic E-state index is -0.0445. The van der Waals surface area contributed by atoms with Crippen molar-refractivity contribution in [3.8, 4) is 5.75 Å². The van der Waals surface area contributed by atoms with Gasteiger partial charge < -0.3 is 15.4 Å². The molecule has 0 radical (unpaired) electrons. The normalized spacial score (nSPS) is 10.3. The number of carbonyl (C=O) groups is 1. The van der Waals surface area contributed by atoms with Gasteiger partial charge in [-0.05, 0) is 55.8 Å². The molecule has 0 saturated heterocycles. The summed E-state index contributed by atoms with van der Waals surface area (Å²) in [6.45, 7) is 2.52. The van der Waals surface area contributed by atoms with Gasteiger partial charge in [0.15, 0.2) is 0 Å². The van der Waals surface area contributed by atoms with E-state index in [1.54, 1.807) is 31.4 Å². The third-order valence-corrected chi connectivity index (χ3v) is 3.60. The predicted molar refractivity (Wildman–Crippen MR) is 93.0 cm³/mol. The quantitative estimate of drug-likeness (QED) is 0.700. The first-order chi connectivity index (χ1) is 11.3. The van der Waals surface area contributed by atoms with Crippen LogP contribution < -0.4 is 15.4 Å². The second-order valence-corrected chi connectivity index (χ2v) is 5.32. The third-order valence-electron chi connectivity index (χ3n) is 3.60. The van der Waals surface area contributed by atoms with Crippen molar-refractivity contribution in [2.45, 2.75) is 12.8 Å². The lowest BCUT2D eigenvalue weighted by Crippen LogP contribution is -2.27. The molecule has 0 atom stereocenters. The van der Waals surface area contributed by atoms with Crippen LogP contribution in [0.25, 0.3) is 0 Å². The number of hydrogen-bond acceptors (Lipinski definition) is 3. The number of methoxy groups -OCH3 is 1. The average Bonchev–Trinajstić information content (AvgIpc) is 2.61. The van der Waals surface area contributed by atoms with Crippen LogP contribution in [0.3, 0.4) is 0 Å². The molecule has 23 heavy (non-hydrogen) atoms. The maximum absolute atomic E-state index is 11.9. The fraction of sp³-hybridized carbons (Fsp3) is 0.316. The van der Waals surface area contributed by atoms with Gasteiger partial charge >= 0.3 is 0 Å². The number of hydrogen-bond donors (Lipinski definition) is 2. The summed E-state index contributed by atoms with van der Waals surface area (Å²) < 4.78 is 5.08. The van der Waals surface area contributed by atoms with E-state index < -0.39 is 0 Å². The Morgan fingerprint density at radius 1 is 0.957 bits per heavy atom. The minimum Gasteiger partial charge on any atom is -0.497 e. The van der Waals surface area contributed by atoms with Crippen LogP contribution in [-0.2, 0) is 6.42 Å². The topological polar surface area (TPSA) is 50.4 Å². The highest BCUT2D eigenvalue weighted by Gasteiger charge is 2.04. The van der Waals surface area contributed by atoms with E-state index in [1.807, 2.05) is 6.07 Å². The van der Waals surface area contributed by atoms with Gasteiger partial charge in [0.25, 0.3) is 5.91 Å². The number of carbonyl (C=O) groups excluding carboxylic acids is 1. The van der Waals surface area contributed by atoms with Gasteiger partial charge in [-0.15, -0.1) is 0 Å². The highest BCUT2D eigenvalue weighted by molar-refractivity contribution is 5.94. The van der Waals surface area contributed by atoms with Gasteiger partial charge in [-0.2, -0.15) is 0 Å². The molecule has 0 bridgehead atoms. The van der Waals surface area contributed by atoms with E-state index in [4.69, 9.17) is 4.74 Å². The van der Waals surface area contributed by atoms with E-state index in [1.165, 1.54) is 5.56 Å². The number of amides is 1. The summed E-state index contributed by atoms with van der Waals surface area (Å²) in [5.74, 6) is 0.709. The fourth-order valence-corrected chi connectivity index (χ4v) is 2.26. The maximum Gasteiger partial charge on any atom is 0.251 e. The minimum absolute atomic E-state index is 0.0445. The molecule has 0 saturated carbocycles. The summed E-state index contributed by atoms with van der Waals surface area (Å²) in [5.41, 5.74) is 2.00. The standard InChI is InChI=1S/C19H24N2O2/c1-23-18-10-8-17(9-11-18)19(22)21-14-5-13-20-15-12-16-6-3-2-4-7-16/h2-4,6-11,20H,5,12-15H2,1H3,(H,21,22). The zero-order chi connectivity index (χ0) is 16.3. The van der Waals surface area contributed by atoms with Crippen LogP contribution in [0, 0.1) is 0 Å². The molecule has 0 aliphatic rings. The highest BCUT2D eigenvalue weighted by atomic mass is 16.5. The van der Waals surface area contributed by atoms with E-state index in [2.05, 4.69) is 34.9 Å². The summed E-state index contributed by atoms with van der Waals surface area (Å²) in [6, 6.07) is 17.5. The fourth-order valence-electron chi connectivity index (χ4n) is 2.26. The molecule has 2 aromatic rings. The number of benzene rings is 2. The van der Waals surface area contributed by atoms with Crippen molar-refractivity contribution in [1.29, 1.82) is 0 Å². The van der Waals surface area contributed by atoms with E-state index in [9.17, 15) is 4.79 Å². The maximum atomic E-state index is 11.9. The predicted octanol–water partition coefficient (Wildman–Crippen LogP) is 2.65. The second kappa shape index (κ2) is 9.64. The molecule has 0 heterocycles. The molecule has 122 valence electrons. The number of nitrogens with one attached hydrogen (secondary N) is 2. The monoisotopic (exact) mass is 312 g/mol. The molecule has 0 unspecified atom stereocenters. The summed E-state index contributed by atoms with van der Waals surface area (Å²) in [6.07, 6.45) is 1.94. The van der Waals surface area contributed by atoms with E-state index in [-0.39, 0.29) is 5.91 Å². The zero-order valence-corrected chi connectivity index (χ0v) is 13.5. The molecule has 2 aromatic carbocycles. The summed E-state index contributed by atoms with van der Waals surface area (Å²) >= 11 is 0. The lowest BCUT2D eigenvalue weighted by atomic mass is 10.1. The van der Waals surface area contributed by atoms with Crippen molar-refractivity contribution in [2.75, 3.05) is 26.7 Å². The molecule has 1 amide bonds. The van der Waals surface area contributed by atoms with Gasteiger partial charge in [0.1, 0.15) is 5.75 Å². The Bertz CT molecular complexity index is 582. The molecular weight excluding hydrogens is 288 g/mol. The first kappa shape index (κ1) is 17.0. The van der Waals surface area contributed by atoms with Crippen LogP contribution in [0.1, 0.15) is 22.3 Å². The largest absolute Gasteiger partial charge is 0.497 e. The molecule has 0 aliphatic carbocycles. The Morgan fingerprint density at radius 3 is 2.39 bits per heavy atom. The van der Waals surface area contributed by atoms with E-state index >= 15 is 0 Å². The van der Waals surface area contributed by atoms with Crippen LogP contribution in [0.2, 0.25) is 0 Å². The summed E-state index contributed by atoms with van der Waals surface area (Å²) in [5, 5.41) is 6.32. The lowest BCUT2D eigenvalue weighted by Gasteiger charge is -2.07. The third kappa shape index (κ3) is 6.12. The summed E-state index contributed by atoms with van der Waals surface area (Å²) in [4.78, 5) is 11.9. The van der Waals surface area contributed by atoms with Gasteiger partial charge in [0.2, 0.25) is 0 Å². The van der Waals surface area contributed by atoms with Crippen LogP contribution in [-0.4, -0.2) is 32.7 Å². The molecule has 2 N–H and O–H groups in total. The molecular formula is C19H24N2O2.